The molecule has 0 aliphatic rings. The summed E-state index contributed by atoms with van der Waals surface area (Å²) in [4.78, 5) is 28.6. The van der Waals surface area contributed by atoms with Gasteiger partial charge in [0.2, 0.25) is 0 Å². The van der Waals surface area contributed by atoms with Crippen LogP contribution < -0.4 is 9.80 Å². The summed E-state index contributed by atoms with van der Waals surface area (Å²) in [6.07, 6.45) is 1.40. The van der Waals surface area contributed by atoms with E-state index in [1.807, 2.05) is 70.2 Å². The fraction of sp³-hybridized carbons (Fsp3) is 0.321. The molecule has 196 valence electrons. The zero-order chi connectivity index (χ0) is 27.4. The summed E-state index contributed by atoms with van der Waals surface area (Å²) in [7, 11) is 3.95. The quantitative estimate of drug-likeness (QED) is 0.140. The topological polar surface area (TPSA) is 107 Å². The summed E-state index contributed by atoms with van der Waals surface area (Å²) in [5.74, 6) is 0.916. The van der Waals surface area contributed by atoms with Crippen LogP contribution >= 0.6 is 11.3 Å². The van der Waals surface area contributed by atoms with Crippen LogP contribution in [0.4, 0.5) is 16.3 Å². The van der Waals surface area contributed by atoms with Crippen LogP contribution in [0.3, 0.4) is 0 Å². The van der Waals surface area contributed by atoms with Gasteiger partial charge in [-0.05, 0) is 74.7 Å². The molecule has 0 fully saturated rings. The van der Waals surface area contributed by atoms with Crippen molar-refractivity contribution in [1.82, 2.24) is 9.97 Å². The number of anilines is 2. The molecule has 0 atom stereocenters. The van der Waals surface area contributed by atoms with Crippen molar-refractivity contribution in [2.24, 2.45) is 5.11 Å². The molecule has 0 aliphatic carbocycles. The van der Waals surface area contributed by atoms with Crippen LogP contribution in [0.2, 0.25) is 0 Å². The number of thiazole rings is 1. The summed E-state index contributed by atoms with van der Waals surface area (Å²) < 4.78 is 6.53. The van der Waals surface area contributed by atoms with Crippen molar-refractivity contribution in [1.29, 1.82) is 0 Å². The summed E-state index contributed by atoms with van der Waals surface area (Å²) in [5, 5.41) is 4.49. The number of ether oxygens (including phenoxy) is 1. The van der Waals surface area contributed by atoms with Gasteiger partial charge in [-0.25, -0.2) is 14.8 Å². The van der Waals surface area contributed by atoms with Gasteiger partial charge in [-0.3, -0.25) is 4.90 Å². The summed E-state index contributed by atoms with van der Waals surface area (Å²) >= 11 is 1.57. The molecule has 0 saturated heterocycles. The molecule has 0 unspecified atom stereocenters. The number of nitrogens with zero attached hydrogens (tertiary/aromatic N) is 7. The molecule has 4 aromatic rings. The number of fused-ring (bicyclic) bond motifs is 1. The van der Waals surface area contributed by atoms with E-state index in [-0.39, 0.29) is 13.1 Å². The molecule has 0 aliphatic heterocycles. The Balaban J connectivity index is 1.63. The van der Waals surface area contributed by atoms with Crippen LogP contribution in [-0.4, -0.2) is 48.8 Å². The Kier molecular flexibility index (Phi) is 7.85. The van der Waals surface area contributed by atoms with Crippen molar-refractivity contribution in [3.63, 3.8) is 0 Å². The lowest BCUT2D eigenvalue weighted by Gasteiger charge is -2.27. The van der Waals surface area contributed by atoms with Crippen molar-refractivity contribution in [2.75, 3.05) is 37.0 Å². The second kappa shape index (κ2) is 11.1. The first-order valence-corrected chi connectivity index (χ1v) is 13.0. The number of hydrogen-bond acceptors (Lipinski definition) is 7. The van der Waals surface area contributed by atoms with Crippen LogP contribution in [0.25, 0.3) is 42.4 Å². The van der Waals surface area contributed by atoms with E-state index in [4.69, 9.17) is 15.3 Å². The van der Waals surface area contributed by atoms with Gasteiger partial charge in [0.1, 0.15) is 16.4 Å². The molecule has 38 heavy (non-hydrogen) atoms. The molecule has 2 aromatic heterocycles. The zero-order valence-electron chi connectivity index (χ0n) is 22.5. The maximum Gasteiger partial charge on any atom is 0.414 e. The number of amides is 1. The Morgan fingerprint density at radius 2 is 1.87 bits per heavy atom. The Bertz CT molecular complexity index is 1500. The van der Waals surface area contributed by atoms with Crippen LogP contribution in [0.1, 0.15) is 26.3 Å². The Hall–Kier alpha value is -4.14. The maximum atomic E-state index is 12.9. The van der Waals surface area contributed by atoms with E-state index in [0.29, 0.717) is 5.69 Å². The fourth-order valence-electron chi connectivity index (χ4n) is 3.93. The van der Waals surface area contributed by atoms with Crippen LogP contribution in [-0.2, 0) is 4.74 Å². The average Bonchev–Trinajstić information content (AvgIpc) is 3.28. The summed E-state index contributed by atoms with van der Waals surface area (Å²) in [6.45, 7) is 7.88. The Morgan fingerprint density at radius 1 is 1.11 bits per heavy atom. The highest BCUT2D eigenvalue weighted by Gasteiger charge is 2.24. The molecule has 0 N–H and O–H groups in total. The van der Waals surface area contributed by atoms with E-state index >= 15 is 0 Å². The largest absolute Gasteiger partial charge is 0.443 e. The lowest BCUT2D eigenvalue weighted by molar-refractivity contribution is 0.0581. The second-order valence-electron chi connectivity index (χ2n) is 10.1. The normalized spacial score (nSPS) is 11.2. The number of benzene rings is 2. The minimum absolute atomic E-state index is 0.140. The van der Waals surface area contributed by atoms with Crippen molar-refractivity contribution >= 4 is 39.2 Å². The van der Waals surface area contributed by atoms with E-state index in [1.54, 1.807) is 11.3 Å². The summed E-state index contributed by atoms with van der Waals surface area (Å²) in [5.41, 5.74) is 13.9. The van der Waals surface area contributed by atoms with Crippen LogP contribution in [0, 0.1) is 6.92 Å². The lowest BCUT2D eigenvalue weighted by atomic mass is 10.0. The number of pyridine rings is 1. The standard InChI is InChI=1S/C28H31N7O2S/c1-18-15-19(20-8-12-25(30-17-20)34(5)6)7-10-22(18)26-32-23-11-9-21(16-24(23)38-26)35(14-13-31-33-29)27(36)37-28(2,3)4/h7-12,15-17H,13-14H2,1-6H3. The molecule has 0 spiro atoms. The third-order valence-corrected chi connectivity index (χ3v) is 6.83. The van der Waals surface area contributed by atoms with E-state index in [9.17, 15) is 4.79 Å². The van der Waals surface area contributed by atoms with Crippen LogP contribution in [0.5, 0.6) is 0 Å². The first-order valence-electron chi connectivity index (χ1n) is 12.2. The molecule has 0 radical (unpaired) electrons. The van der Waals surface area contributed by atoms with Gasteiger partial charge in [-0.1, -0.05) is 23.3 Å². The number of rotatable bonds is 7. The molecular weight excluding hydrogens is 498 g/mol. The van der Waals surface area contributed by atoms with Gasteiger partial charge in [-0.15, -0.1) is 11.3 Å². The first-order chi connectivity index (χ1) is 18.1. The highest BCUT2D eigenvalue weighted by molar-refractivity contribution is 7.21. The van der Waals surface area contributed by atoms with Gasteiger partial charge in [-0.2, -0.15) is 0 Å². The monoisotopic (exact) mass is 529 g/mol. The Morgan fingerprint density at radius 3 is 2.50 bits per heavy atom. The predicted octanol–water partition coefficient (Wildman–Crippen LogP) is 7.45. The van der Waals surface area contributed by atoms with E-state index in [1.165, 1.54) is 4.90 Å². The minimum Gasteiger partial charge on any atom is -0.443 e. The second-order valence-corrected chi connectivity index (χ2v) is 11.1. The van der Waals surface area contributed by atoms with Gasteiger partial charge >= 0.3 is 6.09 Å². The van der Waals surface area contributed by atoms with Gasteiger partial charge in [0.05, 0.1) is 10.2 Å². The highest BCUT2D eigenvalue weighted by Crippen LogP contribution is 2.36. The van der Waals surface area contributed by atoms with Crippen molar-refractivity contribution in [3.8, 4) is 21.7 Å². The molecule has 9 nitrogen and oxygen atoms in total. The highest BCUT2D eigenvalue weighted by atomic mass is 32.1. The number of aryl methyl sites for hydroxylation is 1. The first kappa shape index (κ1) is 26.9. The smallest absolute Gasteiger partial charge is 0.414 e. The van der Waals surface area contributed by atoms with E-state index < -0.39 is 11.7 Å². The van der Waals surface area contributed by atoms with Crippen molar-refractivity contribution in [3.05, 3.63) is 70.7 Å². The third kappa shape index (κ3) is 6.22. The number of carbonyl (C=O) groups excluding carboxylic acids is 1. The maximum absolute atomic E-state index is 12.9. The van der Waals surface area contributed by atoms with Gasteiger partial charge < -0.3 is 9.64 Å². The number of carbonyl (C=O) groups is 1. The number of hydrogen-bond donors (Lipinski definition) is 0. The Labute approximate surface area is 226 Å². The lowest BCUT2D eigenvalue weighted by Crippen LogP contribution is -2.38. The number of aromatic nitrogens is 2. The fourth-order valence-corrected chi connectivity index (χ4v) is 5.02. The molecule has 2 heterocycles. The third-order valence-electron chi connectivity index (χ3n) is 5.78. The van der Waals surface area contributed by atoms with Crippen molar-refractivity contribution in [2.45, 2.75) is 33.3 Å². The molecule has 0 bridgehead atoms. The SMILES string of the molecule is Cc1cc(-c2ccc(N(C)C)nc2)ccc1-c1nc2ccc(N(CCN=[N+]=[N-])C(=O)OC(C)(C)C)cc2s1. The van der Waals surface area contributed by atoms with Crippen LogP contribution in [0.15, 0.2) is 59.8 Å². The molecular formula is C28H31N7O2S. The van der Waals surface area contributed by atoms with Gasteiger partial charge in [0.15, 0.2) is 0 Å². The molecule has 10 heteroatoms. The molecule has 2 aromatic carbocycles. The molecule has 4 rings (SSSR count). The van der Waals surface area contributed by atoms with E-state index in [2.05, 4.69) is 46.2 Å². The molecule has 1 amide bonds. The number of azide groups is 1. The molecule has 0 saturated carbocycles. The van der Waals surface area contributed by atoms with E-state index in [0.717, 1.165) is 43.3 Å². The van der Waals surface area contributed by atoms with Gasteiger partial charge in [0, 0.05) is 55.1 Å². The summed E-state index contributed by atoms with van der Waals surface area (Å²) in [6, 6.07) is 16.1. The minimum atomic E-state index is -0.649. The predicted molar refractivity (Wildman–Crippen MR) is 155 cm³/mol. The van der Waals surface area contributed by atoms with Crippen molar-refractivity contribution < 1.29 is 9.53 Å². The zero-order valence-corrected chi connectivity index (χ0v) is 23.3. The average molecular weight is 530 g/mol. The van der Waals surface area contributed by atoms with Gasteiger partial charge in [0.25, 0.3) is 0 Å².